The fraction of sp³-hybridized carbons (Fsp3) is 0.462. The van der Waals surface area contributed by atoms with Gasteiger partial charge in [-0.3, -0.25) is 9.63 Å². The molecular weight excluding hydrogens is 479 g/mol. The fourth-order valence-electron chi connectivity index (χ4n) is 4.66. The summed E-state index contributed by atoms with van der Waals surface area (Å²) in [6.07, 6.45) is 0. The van der Waals surface area contributed by atoms with E-state index in [4.69, 9.17) is 29.3 Å². The molecule has 3 aromatic rings. The number of hydrogen-bond donors (Lipinski definition) is 0. The number of benzene rings is 1. The van der Waals surface area contributed by atoms with Crippen LogP contribution in [-0.4, -0.2) is 91.7 Å². The molecule has 11 heteroatoms. The fourth-order valence-corrected chi connectivity index (χ4v) is 4.66. The molecule has 2 aliphatic heterocycles. The number of hydrogen-bond acceptors (Lipinski definition) is 9. The maximum atomic E-state index is 14.5. The molecule has 4 heterocycles. The van der Waals surface area contributed by atoms with Gasteiger partial charge >= 0.3 is 0 Å². The van der Waals surface area contributed by atoms with Crippen LogP contribution in [0.5, 0.6) is 0 Å². The molecule has 2 fully saturated rings. The summed E-state index contributed by atoms with van der Waals surface area (Å²) in [5.41, 5.74) is 1.60. The molecule has 37 heavy (non-hydrogen) atoms. The number of carbonyl (C=O) groups is 1. The van der Waals surface area contributed by atoms with Crippen LogP contribution in [0.3, 0.4) is 0 Å². The summed E-state index contributed by atoms with van der Waals surface area (Å²) in [7, 11) is 2.78. The molecule has 0 aliphatic carbocycles. The van der Waals surface area contributed by atoms with Crippen molar-refractivity contribution >= 4 is 28.7 Å². The average molecular weight is 511 g/mol. The van der Waals surface area contributed by atoms with E-state index in [-0.39, 0.29) is 17.6 Å². The summed E-state index contributed by atoms with van der Waals surface area (Å²) < 4.78 is 25.8. The van der Waals surface area contributed by atoms with Crippen molar-refractivity contribution in [3.05, 3.63) is 41.7 Å². The van der Waals surface area contributed by atoms with Crippen LogP contribution in [0.4, 0.5) is 16.2 Å². The van der Waals surface area contributed by atoms with E-state index in [9.17, 15) is 9.18 Å². The molecule has 196 valence electrons. The number of morpholine rings is 2. The van der Waals surface area contributed by atoms with Gasteiger partial charge in [-0.1, -0.05) is 0 Å². The predicted octanol–water partition coefficient (Wildman–Crippen LogP) is 2.91. The summed E-state index contributed by atoms with van der Waals surface area (Å²) >= 11 is 0. The standard InChI is InChI=1S/C26H31FN6O4/c1-16-14-36-11-9-32(16)24-19-6-8-22(18-5-7-21(27)20(13-18)25(34)31(3)35-4)28-23(19)29-26(30-24)33-10-12-37-15-17(33)2/h5-8,13,16-17H,9-12,14-15H2,1-4H3/t16-,17-/m0/s1. The van der Waals surface area contributed by atoms with E-state index in [2.05, 4.69) is 23.6 Å². The van der Waals surface area contributed by atoms with Gasteiger partial charge in [0.05, 0.1) is 62.3 Å². The van der Waals surface area contributed by atoms with E-state index in [0.717, 1.165) is 16.3 Å². The Bertz CT molecular complexity index is 1310. The third kappa shape index (κ3) is 4.94. The Morgan fingerprint density at radius 1 is 1.03 bits per heavy atom. The molecule has 0 radical (unpaired) electrons. The monoisotopic (exact) mass is 510 g/mol. The van der Waals surface area contributed by atoms with Crippen molar-refractivity contribution in [3.63, 3.8) is 0 Å². The first-order valence-corrected chi connectivity index (χ1v) is 12.4. The van der Waals surface area contributed by atoms with E-state index in [1.165, 1.54) is 26.3 Å². The van der Waals surface area contributed by atoms with Crippen LogP contribution >= 0.6 is 0 Å². The topological polar surface area (TPSA) is 93.2 Å². The van der Waals surface area contributed by atoms with Crippen LogP contribution in [0.1, 0.15) is 24.2 Å². The van der Waals surface area contributed by atoms with Crippen molar-refractivity contribution in [1.82, 2.24) is 20.0 Å². The van der Waals surface area contributed by atoms with E-state index in [1.807, 2.05) is 12.1 Å². The summed E-state index contributed by atoms with van der Waals surface area (Å²) in [4.78, 5) is 36.6. The van der Waals surface area contributed by atoms with Crippen LogP contribution in [0, 0.1) is 5.82 Å². The lowest BCUT2D eigenvalue weighted by Gasteiger charge is -2.37. The minimum absolute atomic E-state index is 0.0999. The Hall–Kier alpha value is -3.41. The number of pyridine rings is 1. The molecule has 1 amide bonds. The van der Waals surface area contributed by atoms with Gasteiger partial charge in [0.25, 0.3) is 5.91 Å². The van der Waals surface area contributed by atoms with Crippen molar-refractivity contribution in [3.8, 4) is 11.3 Å². The van der Waals surface area contributed by atoms with Crippen LogP contribution in [0.2, 0.25) is 0 Å². The zero-order valence-electron chi connectivity index (χ0n) is 21.5. The van der Waals surface area contributed by atoms with Gasteiger partial charge in [0, 0.05) is 25.7 Å². The summed E-state index contributed by atoms with van der Waals surface area (Å²) in [6, 6.07) is 8.40. The quantitative estimate of drug-likeness (QED) is 0.480. The molecule has 5 rings (SSSR count). The molecule has 0 spiro atoms. The van der Waals surface area contributed by atoms with E-state index >= 15 is 0 Å². The minimum atomic E-state index is -0.632. The predicted molar refractivity (Wildman–Crippen MR) is 137 cm³/mol. The number of nitrogens with zero attached hydrogens (tertiary/aromatic N) is 6. The highest BCUT2D eigenvalue weighted by Gasteiger charge is 2.27. The number of ether oxygens (including phenoxy) is 2. The lowest BCUT2D eigenvalue weighted by molar-refractivity contribution is -0.0759. The van der Waals surface area contributed by atoms with Gasteiger partial charge in [0.1, 0.15) is 11.6 Å². The second-order valence-electron chi connectivity index (χ2n) is 9.33. The first-order chi connectivity index (χ1) is 17.9. The van der Waals surface area contributed by atoms with E-state index in [1.54, 1.807) is 6.07 Å². The smallest absolute Gasteiger partial charge is 0.280 e. The van der Waals surface area contributed by atoms with E-state index < -0.39 is 11.7 Å². The number of hydroxylamine groups is 2. The first kappa shape index (κ1) is 25.2. The van der Waals surface area contributed by atoms with E-state index in [0.29, 0.717) is 62.4 Å². The van der Waals surface area contributed by atoms with Crippen molar-refractivity contribution in [2.45, 2.75) is 25.9 Å². The first-order valence-electron chi connectivity index (χ1n) is 12.4. The molecule has 1 aromatic carbocycles. The van der Waals surface area contributed by atoms with Gasteiger partial charge in [0.2, 0.25) is 5.95 Å². The van der Waals surface area contributed by atoms with Crippen molar-refractivity contribution in [1.29, 1.82) is 0 Å². The Balaban J connectivity index is 1.62. The Kier molecular flexibility index (Phi) is 7.18. The third-order valence-corrected chi connectivity index (χ3v) is 6.84. The maximum Gasteiger partial charge on any atom is 0.280 e. The van der Waals surface area contributed by atoms with Gasteiger partial charge in [-0.25, -0.2) is 14.4 Å². The highest BCUT2D eigenvalue weighted by molar-refractivity contribution is 5.95. The second-order valence-corrected chi connectivity index (χ2v) is 9.33. The van der Waals surface area contributed by atoms with Gasteiger partial charge in [-0.15, -0.1) is 0 Å². The maximum absolute atomic E-state index is 14.5. The van der Waals surface area contributed by atoms with Gasteiger partial charge < -0.3 is 19.3 Å². The molecule has 2 atom stereocenters. The molecule has 0 bridgehead atoms. The molecular formula is C26H31FN6O4. The Morgan fingerprint density at radius 3 is 2.41 bits per heavy atom. The van der Waals surface area contributed by atoms with Gasteiger partial charge in [-0.05, 0) is 44.2 Å². The lowest BCUT2D eigenvalue weighted by Crippen LogP contribution is -2.46. The van der Waals surface area contributed by atoms with Crippen molar-refractivity contribution in [2.24, 2.45) is 0 Å². The van der Waals surface area contributed by atoms with Crippen LogP contribution < -0.4 is 9.80 Å². The molecule has 10 nitrogen and oxygen atoms in total. The summed E-state index contributed by atoms with van der Waals surface area (Å²) in [5.74, 6) is 0.189. The summed E-state index contributed by atoms with van der Waals surface area (Å²) in [5, 5.41) is 1.80. The van der Waals surface area contributed by atoms with Crippen LogP contribution in [0.25, 0.3) is 22.3 Å². The average Bonchev–Trinajstić information content (AvgIpc) is 2.92. The number of anilines is 2. The van der Waals surface area contributed by atoms with Crippen LogP contribution in [0.15, 0.2) is 30.3 Å². The highest BCUT2D eigenvalue weighted by atomic mass is 19.1. The number of aromatic nitrogens is 3. The molecule has 2 aliphatic rings. The zero-order chi connectivity index (χ0) is 26.1. The van der Waals surface area contributed by atoms with Crippen LogP contribution in [-0.2, 0) is 14.3 Å². The molecule has 0 N–H and O–H groups in total. The molecule has 2 aromatic heterocycles. The number of rotatable bonds is 5. The van der Waals surface area contributed by atoms with Crippen molar-refractivity contribution in [2.75, 3.05) is 63.5 Å². The zero-order valence-corrected chi connectivity index (χ0v) is 21.5. The van der Waals surface area contributed by atoms with Gasteiger partial charge in [0.15, 0.2) is 5.65 Å². The molecule has 0 unspecified atom stereocenters. The lowest BCUT2D eigenvalue weighted by atomic mass is 10.1. The Labute approximate surface area is 214 Å². The second kappa shape index (κ2) is 10.5. The number of halogens is 1. The SMILES string of the molecule is CON(C)C(=O)c1cc(-c2ccc3c(N4CCOC[C@@H]4C)nc(N4CCOC[C@@H]4C)nc3n2)ccc1F. The highest BCUT2D eigenvalue weighted by Crippen LogP contribution is 2.31. The molecule has 0 saturated carbocycles. The number of amides is 1. The summed E-state index contributed by atoms with van der Waals surface area (Å²) in [6.45, 7) is 8.02. The number of carbonyl (C=O) groups excluding carboxylic acids is 1. The Morgan fingerprint density at radius 2 is 1.73 bits per heavy atom. The third-order valence-electron chi connectivity index (χ3n) is 6.84. The number of fused-ring (bicyclic) bond motifs is 1. The normalized spacial score (nSPS) is 20.4. The van der Waals surface area contributed by atoms with Crippen molar-refractivity contribution < 1.29 is 23.5 Å². The minimum Gasteiger partial charge on any atom is -0.377 e. The van der Waals surface area contributed by atoms with Gasteiger partial charge in [-0.2, -0.15) is 9.97 Å². The molecule has 2 saturated heterocycles. The largest absolute Gasteiger partial charge is 0.377 e.